The highest BCUT2D eigenvalue weighted by Crippen LogP contribution is 2.15. The van der Waals surface area contributed by atoms with Crippen LogP contribution in [0.15, 0.2) is 29.4 Å². The van der Waals surface area contributed by atoms with Gasteiger partial charge in [-0.25, -0.2) is 0 Å². The maximum atomic E-state index is 5.28. The monoisotopic (exact) mass is 198 g/mol. The van der Waals surface area contributed by atoms with Gasteiger partial charge in [0.25, 0.3) is 0 Å². The van der Waals surface area contributed by atoms with E-state index in [1.165, 1.54) is 4.90 Å². The molecule has 72 valence electrons. The summed E-state index contributed by atoms with van der Waals surface area (Å²) in [5.74, 6) is 0.962. The first-order valence-corrected chi connectivity index (χ1v) is 5.22. The second-order valence-corrected chi connectivity index (χ2v) is 3.60. The SMILES string of the molecule is NCCOCCSc1ccncc1. The molecule has 0 spiro atoms. The van der Waals surface area contributed by atoms with E-state index in [0.29, 0.717) is 13.2 Å². The summed E-state index contributed by atoms with van der Waals surface area (Å²) >= 11 is 1.77. The third kappa shape index (κ3) is 4.87. The minimum absolute atomic E-state index is 0.597. The lowest BCUT2D eigenvalue weighted by Crippen LogP contribution is -2.09. The minimum atomic E-state index is 0.597. The molecule has 0 aliphatic heterocycles. The first-order chi connectivity index (χ1) is 6.43. The van der Waals surface area contributed by atoms with Crippen LogP contribution in [0.1, 0.15) is 0 Å². The molecule has 1 heterocycles. The molecule has 0 aliphatic carbocycles. The van der Waals surface area contributed by atoms with Gasteiger partial charge < -0.3 is 10.5 Å². The summed E-state index contributed by atoms with van der Waals surface area (Å²) in [5, 5.41) is 0. The van der Waals surface area contributed by atoms with Gasteiger partial charge in [0.1, 0.15) is 0 Å². The number of thioether (sulfide) groups is 1. The van der Waals surface area contributed by atoms with Crippen LogP contribution in [-0.4, -0.2) is 30.5 Å². The molecule has 0 saturated heterocycles. The van der Waals surface area contributed by atoms with E-state index in [4.69, 9.17) is 10.5 Å². The standard InChI is InChI=1S/C9H14N2OS/c10-3-6-12-7-8-13-9-1-4-11-5-2-9/h1-2,4-5H,3,6-8,10H2. The van der Waals surface area contributed by atoms with Crippen molar-refractivity contribution in [1.29, 1.82) is 0 Å². The van der Waals surface area contributed by atoms with Gasteiger partial charge in [0.2, 0.25) is 0 Å². The maximum absolute atomic E-state index is 5.28. The third-order valence-electron chi connectivity index (χ3n) is 1.41. The molecule has 0 bridgehead atoms. The van der Waals surface area contributed by atoms with Crippen molar-refractivity contribution in [2.75, 3.05) is 25.5 Å². The Labute approximate surface area is 82.7 Å². The number of nitrogens with zero attached hydrogens (tertiary/aromatic N) is 1. The van der Waals surface area contributed by atoms with E-state index in [0.717, 1.165) is 12.4 Å². The van der Waals surface area contributed by atoms with E-state index < -0.39 is 0 Å². The van der Waals surface area contributed by atoms with Crippen LogP contribution in [0.25, 0.3) is 0 Å². The lowest BCUT2D eigenvalue weighted by molar-refractivity contribution is 0.158. The molecule has 0 aromatic carbocycles. The Balaban J connectivity index is 2.07. The van der Waals surface area contributed by atoms with Gasteiger partial charge in [-0.3, -0.25) is 4.98 Å². The summed E-state index contributed by atoms with van der Waals surface area (Å²) in [6, 6.07) is 3.99. The largest absolute Gasteiger partial charge is 0.379 e. The number of rotatable bonds is 6. The van der Waals surface area contributed by atoms with Crippen molar-refractivity contribution in [1.82, 2.24) is 4.98 Å². The fourth-order valence-corrected chi connectivity index (χ4v) is 1.59. The molecule has 1 aromatic rings. The molecule has 3 nitrogen and oxygen atoms in total. The highest BCUT2D eigenvalue weighted by atomic mass is 32.2. The fourth-order valence-electron chi connectivity index (χ4n) is 0.838. The molecule has 0 aliphatic rings. The van der Waals surface area contributed by atoms with Gasteiger partial charge in [0.05, 0.1) is 13.2 Å². The second-order valence-electron chi connectivity index (χ2n) is 2.43. The lowest BCUT2D eigenvalue weighted by Gasteiger charge is -2.01. The number of ether oxygens (including phenoxy) is 1. The quantitative estimate of drug-likeness (QED) is 0.550. The summed E-state index contributed by atoms with van der Waals surface area (Å²) in [7, 11) is 0. The van der Waals surface area contributed by atoms with Crippen LogP contribution in [-0.2, 0) is 4.74 Å². The third-order valence-corrected chi connectivity index (χ3v) is 2.38. The molecular formula is C9H14N2OS. The first kappa shape index (κ1) is 10.5. The summed E-state index contributed by atoms with van der Waals surface area (Å²) in [5.41, 5.74) is 5.28. The van der Waals surface area contributed by atoms with Crippen molar-refractivity contribution in [2.24, 2.45) is 5.73 Å². The molecule has 1 rings (SSSR count). The Morgan fingerprint density at radius 3 is 2.77 bits per heavy atom. The summed E-state index contributed by atoms with van der Waals surface area (Å²) in [6.45, 7) is 2.00. The first-order valence-electron chi connectivity index (χ1n) is 4.24. The molecule has 0 radical (unpaired) electrons. The van der Waals surface area contributed by atoms with E-state index >= 15 is 0 Å². The average Bonchev–Trinajstić information content (AvgIpc) is 2.19. The van der Waals surface area contributed by atoms with E-state index in [2.05, 4.69) is 4.98 Å². The van der Waals surface area contributed by atoms with Crippen molar-refractivity contribution < 1.29 is 4.74 Å². The molecular weight excluding hydrogens is 184 g/mol. The molecule has 13 heavy (non-hydrogen) atoms. The summed E-state index contributed by atoms with van der Waals surface area (Å²) in [4.78, 5) is 5.17. The molecule has 0 unspecified atom stereocenters. The van der Waals surface area contributed by atoms with Crippen molar-refractivity contribution in [2.45, 2.75) is 4.90 Å². The van der Waals surface area contributed by atoms with E-state index in [9.17, 15) is 0 Å². The van der Waals surface area contributed by atoms with Crippen LogP contribution in [0.2, 0.25) is 0 Å². The van der Waals surface area contributed by atoms with Crippen molar-refractivity contribution in [3.63, 3.8) is 0 Å². The molecule has 0 atom stereocenters. The van der Waals surface area contributed by atoms with Crippen LogP contribution >= 0.6 is 11.8 Å². The number of pyridine rings is 1. The van der Waals surface area contributed by atoms with Crippen LogP contribution in [0.5, 0.6) is 0 Å². The highest BCUT2D eigenvalue weighted by Gasteiger charge is 1.92. The van der Waals surface area contributed by atoms with Gasteiger partial charge in [0.15, 0.2) is 0 Å². The van der Waals surface area contributed by atoms with Crippen LogP contribution in [0, 0.1) is 0 Å². The van der Waals surface area contributed by atoms with Gasteiger partial charge in [-0.2, -0.15) is 0 Å². The Morgan fingerprint density at radius 2 is 2.08 bits per heavy atom. The fraction of sp³-hybridized carbons (Fsp3) is 0.444. The topological polar surface area (TPSA) is 48.1 Å². The Hall–Kier alpha value is -0.580. The minimum Gasteiger partial charge on any atom is -0.379 e. The van der Waals surface area contributed by atoms with Gasteiger partial charge in [0, 0.05) is 29.6 Å². The predicted molar refractivity (Wildman–Crippen MR) is 54.8 cm³/mol. The lowest BCUT2D eigenvalue weighted by atomic mass is 10.5. The van der Waals surface area contributed by atoms with Gasteiger partial charge in [-0.15, -0.1) is 11.8 Å². The number of nitrogens with two attached hydrogens (primary N) is 1. The molecule has 2 N–H and O–H groups in total. The van der Waals surface area contributed by atoms with Crippen LogP contribution in [0.3, 0.4) is 0 Å². The van der Waals surface area contributed by atoms with E-state index in [1.54, 1.807) is 24.2 Å². The summed E-state index contributed by atoms with van der Waals surface area (Å²) < 4.78 is 5.24. The van der Waals surface area contributed by atoms with Gasteiger partial charge in [-0.05, 0) is 12.1 Å². The zero-order valence-electron chi connectivity index (χ0n) is 7.48. The van der Waals surface area contributed by atoms with E-state index in [-0.39, 0.29) is 0 Å². The molecule has 0 amide bonds. The van der Waals surface area contributed by atoms with Crippen molar-refractivity contribution in [3.05, 3.63) is 24.5 Å². The zero-order chi connectivity index (χ0) is 9.36. The smallest absolute Gasteiger partial charge is 0.0589 e. The normalized spacial score (nSPS) is 10.2. The van der Waals surface area contributed by atoms with Crippen LogP contribution in [0.4, 0.5) is 0 Å². The Kier molecular flexibility index (Phi) is 5.56. The van der Waals surface area contributed by atoms with E-state index in [1.807, 2.05) is 12.1 Å². The van der Waals surface area contributed by atoms with Gasteiger partial charge in [-0.1, -0.05) is 0 Å². The Morgan fingerprint density at radius 1 is 1.31 bits per heavy atom. The number of hydrogen-bond donors (Lipinski definition) is 1. The Bertz CT molecular complexity index is 218. The maximum Gasteiger partial charge on any atom is 0.0589 e. The van der Waals surface area contributed by atoms with Crippen molar-refractivity contribution >= 4 is 11.8 Å². The molecule has 0 fully saturated rings. The average molecular weight is 198 g/mol. The summed E-state index contributed by atoms with van der Waals surface area (Å²) in [6.07, 6.45) is 3.59. The second kappa shape index (κ2) is 6.88. The predicted octanol–water partition coefficient (Wildman–Crippen LogP) is 1.15. The van der Waals surface area contributed by atoms with Crippen molar-refractivity contribution in [3.8, 4) is 0 Å². The molecule has 4 heteroatoms. The zero-order valence-corrected chi connectivity index (χ0v) is 8.30. The van der Waals surface area contributed by atoms with Crippen LogP contribution < -0.4 is 5.73 Å². The van der Waals surface area contributed by atoms with Gasteiger partial charge >= 0.3 is 0 Å². The number of hydrogen-bond acceptors (Lipinski definition) is 4. The number of aromatic nitrogens is 1. The molecule has 0 saturated carbocycles. The molecule has 1 aromatic heterocycles. The highest BCUT2D eigenvalue weighted by molar-refractivity contribution is 7.99.